The lowest BCUT2D eigenvalue weighted by Crippen LogP contribution is -2.05. The number of benzene rings is 1. The fraction of sp³-hybridized carbons (Fsp3) is 0.222. The largest absolute Gasteiger partial charge is 0.244 e. The molecule has 0 saturated carbocycles. The van der Waals surface area contributed by atoms with Crippen molar-refractivity contribution in [1.29, 1.82) is 5.26 Å². The Morgan fingerprint density at radius 2 is 1.80 bits per heavy atom. The average molecular weight is 258 g/mol. The van der Waals surface area contributed by atoms with E-state index in [2.05, 4.69) is 29.0 Å². The van der Waals surface area contributed by atoms with Gasteiger partial charge < -0.3 is 0 Å². The molecule has 96 valence electrons. The van der Waals surface area contributed by atoms with Gasteiger partial charge in [0.1, 0.15) is 5.69 Å². The third kappa shape index (κ3) is 2.71. The van der Waals surface area contributed by atoms with Gasteiger partial charge in [0, 0.05) is 11.3 Å². The predicted molar refractivity (Wildman–Crippen MR) is 78.0 cm³/mol. The maximum atomic E-state index is 8.87. The highest BCUT2D eigenvalue weighted by atomic mass is 14.7. The Balaban J connectivity index is 1.88. The maximum absolute atomic E-state index is 8.87. The standard InChI is InChI=1S/C18H14N2/c19-13-15-5-3-4-14(12-15)8-10-17-11-9-16-6-1-2-7-18(16)20-17/h3-5,9,11-12H,1-2,6-7H2. The first kappa shape index (κ1) is 12.5. The van der Waals surface area contributed by atoms with Crippen LogP contribution >= 0.6 is 0 Å². The molecule has 0 spiro atoms. The SMILES string of the molecule is N#Cc1cccc(C#Cc2ccc3c(n2)CCCC3)c1. The van der Waals surface area contributed by atoms with E-state index >= 15 is 0 Å². The number of nitrogens with zero attached hydrogens (tertiary/aromatic N) is 2. The lowest BCUT2D eigenvalue weighted by atomic mass is 9.96. The number of aryl methyl sites for hydroxylation is 2. The van der Waals surface area contributed by atoms with Gasteiger partial charge in [-0.05, 0) is 61.4 Å². The van der Waals surface area contributed by atoms with Crippen LogP contribution in [0.2, 0.25) is 0 Å². The minimum absolute atomic E-state index is 0.634. The summed E-state index contributed by atoms with van der Waals surface area (Å²) in [5.41, 5.74) is 4.87. The second-order valence-corrected chi connectivity index (χ2v) is 4.95. The highest BCUT2D eigenvalue weighted by Crippen LogP contribution is 2.19. The molecule has 0 fully saturated rings. The minimum atomic E-state index is 0.634. The molecule has 1 aliphatic rings. The molecule has 0 aliphatic heterocycles. The average Bonchev–Trinajstić information content (AvgIpc) is 2.53. The monoisotopic (exact) mass is 258 g/mol. The van der Waals surface area contributed by atoms with Gasteiger partial charge in [-0.15, -0.1) is 0 Å². The van der Waals surface area contributed by atoms with E-state index in [0.29, 0.717) is 5.56 Å². The summed E-state index contributed by atoms with van der Waals surface area (Å²) in [5, 5.41) is 8.87. The molecule has 20 heavy (non-hydrogen) atoms. The van der Waals surface area contributed by atoms with Crippen LogP contribution in [0.25, 0.3) is 0 Å². The van der Waals surface area contributed by atoms with Crippen LogP contribution in [-0.2, 0) is 12.8 Å². The van der Waals surface area contributed by atoms with Crippen molar-refractivity contribution < 1.29 is 0 Å². The van der Waals surface area contributed by atoms with Crippen LogP contribution in [0.5, 0.6) is 0 Å². The van der Waals surface area contributed by atoms with Gasteiger partial charge in [0.05, 0.1) is 11.6 Å². The van der Waals surface area contributed by atoms with Crippen LogP contribution in [0.15, 0.2) is 36.4 Å². The van der Waals surface area contributed by atoms with Crippen LogP contribution in [0.1, 0.15) is 40.9 Å². The van der Waals surface area contributed by atoms with Crippen molar-refractivity contribution in [2.24, 2.45) is 0 Å². The first-order valence-electron chi connectivity index (χ1n) is 6.86. The molecule has 2 aromatic rings. The van der Waals surface area contributed by atoms with Crippen molar-refractivity contribution in [2.75, 3.05) is 0 Å². The molecule has 0 radical (unpaired) electrons. The van der Waals surface area contributed by atoms with E-state index in [0.717, 1.165) is 24.1 Å². The fourth-order valence-corrected chi connectivity index (χ4v) is 2.45. The molecule has 1 aromatic heterocycles. The number of pyridine rings is 1. The number of rotatable bonds is 0. The van der Waals surface area contributed by atoms with Crippen molar-refractivity contribution in [2.45, 2.75) is 25.7 Å². The molecular formula is C18H14N2. The molecule has 0 bridgehead atoms. The van der Waals surface area contributed by atoms with Crippen molar-refractivity contribution in [3.63, 3.8) is 0 Å². The summed E-state index contributed by atoms with van der Waals surface area (Å²) in [6, 6.07) is 13.6. The summed E-state index contributed by atoms with van der Waals surface area (Å²) in [6.45, 7) is 0. The second-order valence-electron chi connectivity index (χ2n) is 4.95. The minimum Gasteiger partial charge on any atom is -0.244 e. The Kier molecular flexibility index (Phi) is 3.48. The van der Waals surface area contributed by atoms with E-state index < -0.39 is 0 Å². The third-order valence-corrected chi connectivity index (χ3v) is 3.50. The third-order valence-electron chi connectivity index (χ3n) is 3.50. The highest BCUT2D eigenvalue weighted by molar-refractivity contribution is 5.45. The van der Waals surface area contributed by atoms with Crippen LogP contribution < -0.4 is 0 Å². The quantitative estimate of drug-likeness (QED) is 0.680. The van der Waals surface area contributed by atoms with Crippen LogP contribution in [-0.4, -0.2) is 4.98 Å². The number of nitriles is 1. The van der Waals surface area contributed by atoms with Gasteiger partial charge >= 0.3 is 0 Å². The zero-order chi connectivity index (χ0) is 13.8. The van der Waals surface area contributed by atoms with Crippen molar-refractivity contribution >= 4 is 0 Å². The summed E-state index contributed by atoms with van der Waals surface area (Å²) >= 11 is 0. The molecule has 0 N–H and O–H groups in total. The van der Waals surface area contributed by atoms with E-state index in [-0.39, 0.29) is 0 Å². The van der Waals surface area contributed by atoms with Gasteiger partial charge in [0.2, 0.25) is 0 Å². The molecule has 3 rings (SSSR count). The van der Waals surface area contributed by atoms with Crippen LogP contribution in [0.3, 0.4) is 0 Å². The topological polar surface area (TPSA) is 36.7 Å². The zero-order valence-corrected chi connectivity index (χ0v) is 11.2. The molecule has 1 aromatic carbocycles. The summed E-state index contributed by atoms with van der Waals surface area (Å²) in [5.74, 6) is 6.17. The van der Waals surface area contributed by atoms with Crippen LogP contribution in [0, 0.1) is 23.2 Å². The molecule has 0 amide bonds. The Morgan fingerprint density at radius 3 is 2.70 bits per heavy atom. The highest BCUT2D eigenvalue weighted by Gasteiger charge is 2.09. The predicted octanol–water partition coefficient (Wildman–Crippen LogP) is 3.23. The van der Waals surface area contributed by atoms with Gasteiger partial charge in [-0.3, -0.25) is 0 Å². The van der Waals surface area contributed by atoms with Gasteiger partial charge in [-0.25, -0.2) is 4.98 Å². The van der Waals surface area contributed by atoms with Gasteiger partial charge in [0.15, 0.2) is 0 Å². The van der Waals surface area contributed by atoms with Gasteiger partial charge in [-0.1, -0.05) is 18.1 Å². The van der Waals surface area contributed by atoms with E-state index in [1.165, 1.54) is 24.1 Å². The lowest BCUT2D eigenvalue weighted by Gasteiger charge is -2.13. The first-order chi connectivity index (χ1) is 9.85. The Morgan fingerprint density at radius 1 is 0.950 bits per heavy atom. The van der Waals surface area contributed by atoms with Crippen molar-refractivity contribution in [1.82, 2.24) is 4.98 Å². The molecule has 1 aliphatic carbocycles. The smallest absolute Gasteiger partial charge is 0.113 e. The fourth-order valence-electron chi connectivity index (χ4n) is 2.45. The number of hydrogen-bond donors (Lipinski definition) is 0. The molecule has 0 atom stereocenters. The van der Waals surface area contributed by atoms with Crippen molar-refractivity contribution in [3.8, 4) is 17.9 Å². The summed E-state index contributed by atoms with van der Waals surface area (Å²) < 4.78 is 0. The summed E-state index contributed by atoms with van der Waals surface area (Å²) in [6.07, 6.45) is 4.69. The number of aromatic nitrogens is 1. The molecule has 2 nitrogen and oxygen atoms in total. The van der Waals surface area contributed by atoms with E-state index in [1.807, 2.05) is 18.2 Å². The number of fused-ring (bicyclic) bond motifs is 1. The summed E-state index contributed by atoms with van der Waals surface area (Å²) in [4.78, 5) is 4.63. The molecule has 2 heteroatoms. The number of hydrogen-bond acceptors (Lipinski definition) is 2. The lowest BCUT2D eigenvalue weighted by molar-refractivity contribution is 0.667. The van der Waals surface area contributed by atoms with E-state index in [1.54, 1.807) is 12.1 Å². The van der Waals surface area contributed by atoms with E-state index in [9.17, 15) is 0 Å². The Bertz CT molecular complexity index is 742. The maximum Gasteiger partial charge on any atom is 0.113 e. The molecule has 1 heterocycles. The first-order valence-corrected chi connectivity index (χ1v) is 6.86. The van der Waals surface area contributed by atoms with Gasteiger partial charge in [0.25, 0.3) is 0 Å². The molecular weight excluding hydrogens is 244 g/mol. The van der Waals surface area contributed by atoms with E-state index in [4.69, 9.17) is 5.26 Å². The zero-order valence-electron chi connectivity index (χ0n) is 11.2. The normalized spacial score (nSPS) is 12.8. The molecule has 0 saturated heterocycles. The van der Waals surface area contributed by atoms with Crippen LogP contribution in [0.4, 0.5) is 0 Å². The Labute approximate surface area is 119 Å². The van der Waals surface area contributed by atoms with Crippen molar-refractivity contribution in [3.05, 3.63) is 64.5 Å². The summed E-state index contributed by atoms with van der Waals surface area (Å²) in [7, 11) is 0. The Hall–Kier alpha value is -2.58. The second kappa shape index (κ2) is 5.59. The van der Waals surface area contributed by atoms with Gasteiger partial charge in [-0.2, -0.15) is 5.26 Å². The molecule has 0 unspecified atom stereocenters.